The zero-order valence-corrected chi connectivity index (χ0v) is 5.97. The number of rotatable bonds is 0. The van der Waals surface area contributed by atoms with E-state index in [1.165, 1.54) is 10.4 Å². The van der Waals surface area contributed by atoms with E-state index in [2.05, 4.69) is 5.10 Å². The summed E-state index contributed by atoms with van der Waals surface area (Å²) in [6, 6.07) is 0. The summed E-state index contributed by atoms with van der Waals surface area (Å²) in [5.41, 5.74) is 3.22. The van der Waals surface area contributed by atoms with Crippen molar-refractivity contribution >= 4 is 0 Å². The summed E-state index contributed by atoms with van der Waals surface area (Å²) in [7, 11) is 0. The molecule has 9 heavy (non-hydrogen) atoms. The van der Waals surface area contributed by atoms with Crippen molar-refractivity contribution in [3.05, 3.63) is 17.0 Å². The smallest absolute Gasteiger partial charge is 0.0646 e. The SMILES string of the molecule is Cc1nn(N)c(C)c1C. The molecule has 1 heterocycles. The van der Waals surface area contributed by atoms with Gasteiger partial charge in [0.05, 0.1) is 11.4 Å². The fourth-order valence-corrected chi connectivity index (χ4v) is 0.745. The van der Waals surface area contributed by atoms with Gasteiger partial charge in [0.1, 0.15) is 0 Å². The molecular formula is C6H11N3. The summed E-state index contributed by atoms with van der Waals surface area (Å²) >= 11 is 0. The third kappa shape index (κ3) is 0.781. The molecule has 0 aromatic carbocycles. The van der Waals surface area contributed by atoms with Crippen molar-refractivity contribution in [1.82, 2.24) is 9.89 Å². The summed E-state index contributed by atoms with van der Waals surface area (Å²) < 4.78 is 0. The van der Waals surface area contributed by atoms with Crippen LogP contribution in [0.1, 0.15) is 17.0 Å². The average molecular weight is 125 g/mol. The van der Waals surface area contributed by atoms with Gasteiger partial charge in [0.15, 0.2) is 0 Å². The van der Waals surface area contributed by atoms with Gasteiger partial charge in [-0.2, -0.15) is 9.89 Å². The average Bonchev–Trinajstić information content (AvgIpc) is 1.98. The Bertz CT molecular complexity index is 202. The number of hydrogen-bond donors (Lipinski definition) is 1. The van der Waals surface area contributed by atoms with Gasteiger partial charge in [0.25, 0.3) is 0 Å². The molecule has 1 aromatic heterocycles. The number of nitrogens with zero attached hydrogens (tertiary/aromatic N) is 2. The van der Waals surface area contributed by atoms with E-state index in [9.17, 15) is 0 Å². The first-order chi connectivity index (χ1) is 4.13. The molecule has 0 amide bonds. The highest BCUT2D eigenvalue weighted by Crippen LogP contribution is 2.06. The highest BCUT2D eigenvalue weighted by molar-refractivity contribution is 5.21. The van der Waals surface area contributed by atoms with E-state index in [0.717, 1.165) is 11.4 Å². The first-order valence-electron chi connectivity index (χ1n) is 2.91. The van der Waals surface area contributed by atoms with Crippen LogP contribution < -0.4 is 5.84 Å². The van der Waals surface area contributed by atoms with Gasteiger partial charge in [-0.05, 0) is 26.3 Å². The second-order valence-electron chi connectivity index (χ2n) is 2.24. The summed E-state index contributed by atoms with van der Waals surface area (Å²) in [6.45, 7) is 5.92. The Hall–Kier alpha value is -0.990. The number of aryl methyl sites for hydroxylation is 1. The predicted molar refractivity (Wildman–Crippen MR) is 36.6 cm³/mol. The van der Waals surface area contributed by atoms with Crippen molar-refractivity contribution < 1.29 is 0 Å². The molecule has 0 atom stereocenters. The molecule has 2 N–H and O–H groups in total. The standard InChI is InChI=1S/C6H11N3/c1-4-5(2)8-9(7)6(4)3/h7H2,1-3H3. The van der Waals surface area contributed by atoms with E-state index in [1.54, 1.807) is 0 Å². The minimum Gasteiger partial charge on any atom is -0.323 e. The fourth-order valence-electron chi connectivity index (χ4n) is 0.745. The van der Waals surface area contributed by atoms with Crippen LogP contribution in [0.4, 0.5) is 0 Å². The summed E-state index contributed by atoms with van der Waals surface area (Å²) in [5.74, 6) is 5.45. The van der Waals surface area contributed by atoms with Crippen LogP contribution in [0, 0.1) is 20.8 Å². The Morgan fingerprint density at radius 3 is 2.00 bits per heavy atom. The molecule has 1 aromatic rings. The summed E-state index contributed by atoms with van der Waals surface area (Å²) in [6.07, 6.45) is 0. The van der Waals surface area contributed by atoms with Gasteiger partial charge >= 0.3 is 0 Å². The zero-order chi connectivity index (χ0) is 7.02. The van der Waals surface area contributed by atoms with Crippen LogP contribution >= 0.6 is 0 Å². The topological polar surface area (TPSA) is 43.8 Å². The molecule has 50 valence electrons. The lowest BCUT2D eigenvalue weighted by Gasteiger charge is -1.90. The monoisotopic (exact) mass is 125 g/mol. The van der Waals surface area contributed by atoms with Gasteiger partial charge in [-0.15, -0.1) is 0 Å². The molecule has 3 nitrogen and oxygen atoms in total. The van der Waals surface area contributed by atoms with E-state index < -0.39 is 0 Å². The molecule has 0 aliphatic heterocycles. The van der Waals surface area contributed by atoms with Crippen molar-refractivity contribution in [3.63, 3.8) is 0 Å². The molecular weight excluding hydrogens is 114 g/mol. The van der Waals surface area contributed by atoms with E-state index in [-0.39, 0.29) is 0 Å². The van der Waals surface area contributed by atoms with Crippen LogP contribution in [0.3, 0.4) is 0 Å². The van der Waals surface area contributed by atoms with E-state index in [1.807, 2.05) is 20.8 Å². The van der Waals surface area contributed by atoms with Gasteiger partial charge in [-0.25, -0.2) is 0 Å². The molecule has 3 heteroatoms. The number of hydrogen-bond acceptors (Lipinski definition) is 2. The van der Waals surface area contributed by atoms with Crippen molar-refractivity contribution in [3.8, 4) is 0 Å². The Balaban J connectivity index is 3.29. The van der Waals surface area contributed by atoms with Gasteiger partial charge < -0.3 is 5.84 Å². The third-order valence-corrected chi connectivity index (χ3v) is 1.69. The Kier molecular flexibility index (Phi) is 1.20. The van der Waals surface area contributed by atoms with E-state index in [0.29, 0.717) is 0 Å². The lowest BCUT2D eigenvalue weighted by molar-refractivity contribution is 0.788. The van der Waals surface area contributed by atoms with Crippen LogP contribution in [0.25, 0.3) is 0 Å². The van der Waals surface area contributed by atoms with Crippen LogP contribution in [0.2, 0.25) is 0 Å². The fraction of sp³-hybridized carbons (Fsp3) is 0.500. The highest BCUT2D eigenvalue weighted by atomic mass is 15.5. The van der Waals surface area contributed by atoms with Crippen molar-refractivity contribution in [2.24, 2.45) is 0 Å². The zero-order valence-electron chi connectivity index (χ0n) is 5.97. The van der Waals surface area contributed by atoms with E-state index in [4.69, 9.17) is 5.84 Å². The third-order valence-electron chi connectivity index (χ3n) is 1.69. The normalized spacial score (nSPS) is 10.1. The molecule has 0 radical (unpaired) electrons. The molecule has 0 fully saturated rings. The first-order valence-corrected chi connectivity index (χ1v) is 2.91. The number of aromatic nitrogens is 2. The highest BCUT2D eigenvalue weighted by Gasteiger charge is 2.02. The van der Waals surface area contributed by atoms with Gasteiger partial charge in [-0.1, -0.05) is 0 Å². The second kappa shape index (κ2) is 1.76. The van der Waals surface area contributed by atoms with Gasteiger partial charge in [-0.3, -0.25) is 0 Å². The lowest BCUT2D eigenvalue weighted by atomic mass is 10.2. The number of nitrogen functional groups attached to an aromatic ring is 1. The molecule has 0 saturated carbocycles. The van der Waals surface area contributed by atoms with Crippen molar-refractivity contribution in [2.75, 3.05) is 5.84 Å². The van der Waals surface area contributed by atoms with E-state index >= 15 is 0 Å². The molecule has 0 aliphatic rings. The maximum absolute atomic E-state index is 5.45. The molecule has 0 spiro atoms. The Labute approximate surface area is 54.4 Å². The molecule has 0 saturated heterocycles. The van der Waals surface area contributed by atoms with Crippen LogP contribution in [-0.4, -0.2) is 9.89 Å². The van der Waals surface area contributed by atoms with Crippen molar-refractivity contribution in [2.45, 2.75) is 20.8 Å². The largest absolute Gasteiger partial charge is 0.323 e. The van der Waals surface area contributed by atoms with Crippen LogP contribution in [0.15, 0.2) is 0 Å². The van der Waals surface area contributed by atoms with Gasteiger partial charge in [0, 0.05) is 0 Å². The molecule has 0 aliphatic carbocycles. The second-order valence-corrected chi connectivity index (χ2v) is 2.24. The summed E-state index contributed by atoms with van der Waals surface area (Å²) in [5, 5.41) is 4.00. The molecule has 1 rings (SSSR count). The van der Waals surface area contributed by atoms with Gasteiger partial charge in [0.2, 0.25) is 0 Å². The summed E-state index contributed by atoms with van der Waals surface area (Å²) in [4.78, 5) is 1.41. The minimum atomic E-state index is 1.01. The van der Waals surface area contributed by atoms with Crippen LogP contribution in [-0.2, 0) is 0 Å². The predicted octanol–water partition coefficient (Wildman–Crippen LogP) is 0.522. The Morgan fingerprint density at radius 1 is 1.33 bits per heavy atom. The van der Waals surface area contributed by atoms with Crippen LogP contribution in [0.5, 0.6) is 0 Å². The first kappa shape index (κ1) is 6.13. The lowest BCUT2D eigenvalue weighted by Crippen LogP contribution is -2.11. The quantitative estimate of drug-likeness (QED) is 0.514. The molecule has 0 bridgehead atoms. The van der Waals surface area contributed by atoms with Crippen molar-refractivity contribution in [1.29, 1.82) is 0 Å². The number of nitrogens with two attached hydrogens (primary N) is 1. The maximum atomic E-state index is 5.45. The maximum Gasteiger partial charge on any atom is 0.0646 e. The Morgan fingerprint density at radius 2 is 1.89 bits per heavy atom. The minimum absolute atomic E-state index is 1.01. The molecule has 0 unspecified atom stereocenters.